The lowest BCUT2D eigenvalue weighted by Gasteiger charge is -2.22. The number of hydrogen-bond donors (Lipinski definition) is 1. The van der Waals surface area contributed by atoms with Gasteiger partial charge < -0.3 is 15.4 Å². The van der Waals surface area contributed by atoms with E-state index in [-0.39, 0.29) is 11.9 Å². The van der Waals surface area contributed by atoms with Crippen molar-refractivity contribution in [1.29, 1.82) is 0 Å². The third-order valence-electron chi connectivity index (χ3n) is 3.24. The van der Waals surface area contributed by atoms with Crippen molar-refractivity contribution >= 4 is 11.9 Å². The maximum atomic E-state index is 12.1. The van der Waals surface area contributed by atoms with Crippen molar-refractivity contribution in [1.82, 2.24) is 4.90 Å². The molecule has 0 saturated heterocycles. The minimum Gasteiger partial charge on any atom is -0.465 e. The van der Waals surface area contributed by atoms with Crippen LogP contribution < -0.4 is 5.73 Å². The first-order valence-electron chi connectivity index (χ1n) is 7.27. The highest BCUT2D eigenvalue weighted by Crippen LogP contribution is 2.10. The van der Waals surface area contributed by atoms with Gasteiger partial charge >= 0.3 is 5.97 Å². The summed E-state index contributed by atoms with van der Waals surface area (Å²) in [5.74, 6) is -0.237. The first kappa shape index (κ1) is 17.2. The van der Waals surface area contributed by atoms with Gasteiger partial charge in [0.1, 0.15) is 0 Å². The fourth-order valence-electron chi connectivity index (χ4n) is 2.02. The van der Waals surface area contributed by atoms with Crippen molar-refractivity contribution in [2.75, 3.05) is 20.2 Å². The SMILES string of the molecule is CCCCC(=O)N(CCN)Cc1ccc(C(=O)OC)cc1. The number of rotatable bonds is 8. The van der Waals surface area contributed by atoms with Gasteiger partial charge in [-0.2, -0.15) is 0 Å². The van der Waals surface area contributed by atoms with Crippen LogP contribution in [0.1, 0.15) is 42.1 Å². The van der Waals surface area contributed by atoms with E-state index < -0.39 is 0 Å². The molecule has 0 aromatic heterocycles. The maximum Gasteiger partial charge on any atom is 0.337 e. The number of esters is 1. The quantitative estimate of drug-likeness (QED) is 0.743. The van der Waals surface area contributed by atoms with E-state index in [2.05, 4.69) is 11.7 Å². The van der Waals surface area contributed by atoms with Gasteiger partial charge in [0, 0.05) is 26.1 Å². The minimum absolute atomic E-state index is 0.124. The van der Waals surface area contributed by atoms with Gasteiger partial charge in [-0.15, -0.1) is 0 Å². The molecular weight excluding hydrogens is 268 g/mol. The molecule has 5 nitrogen and oxygen atoms in total. The fourth-order valence-corrected chi connectivity index (χ4v) is 2.02. The Balaban J connectivity index is 2.70. The molecule has 21 heavy (non-hydrogen) atoms. The summed E-state index contributed by atoms with van der Waals surface area (Å²) < 4.78 is 4.66. The summed E-state index contributed by atoms with van der Waals surface area (Å²) in [4.78, 5) is 25.3. The Bertz CT molecular complexity index is 457. The van der Waals surface area contributed by atoms with Crippen molar-refractivity contribution in [3.63, 3.8) is 0 Å². The van der Waals surface area contributed by atoms with Gasteiger partial charge in [-0.3, -0.25) is 4.79 Å². The molecule has 0 radical (unpaired) electrons. The van der Waals surface area contributed by atoms with E-state index in [1.807, 2.05) is 12.1 Å². The Morgan fingerprint density at radius 1 is 1.24 bits per heavy atom. The highest BCUT2D eigenvalue weighted by molar-refractivity contribution is 5.89. The van der Waals surface area contributed by atoms with E-state index in [4.69, 9.17) is 5.73 Å². The number of hydrogen-bond acceptors (Lipinski definition) is 4. The van der Waals surface area contributed by atoms with Crippen LogP contribution in [-0.4, -0.2) is 37.0 Å². The molecule has 0 atom stereocenters. The number of unbranched alkanes of at least 4 members (excludes halogenated alkanes) is 1. The van der Waals surface area contributed by atoms with E-state index in [0.29, 0.717) is 31.6 Å². The number of ether oxygens (including phenoxy) is 1. The Hall–Kier alpha value is -1.88. The van der Waals surface area contributed by atoms with Crippen molar-refractivity contribution in [3.05, 3.63) is 35.4 Å². The van der Waals surface area contributed by atoms with Crippen LogP contribution in [0.15, 0.2) is 24.3 Å². The fraction of sp³-hybridized carbons (Fsp3) is 0.500. The van der Waals surface area contributed by atoms with Crippen molar-refractivity contribution < 1.29 is 14.3 Å². The molecule has 2 N–H and O–H groups in total. The molecule has 116 valence electrons. The highest BCUT2D eigenvalue weighted by Gasteiger charge is 2.13. The Morgan fingerprint density at radius 3 is 2.43 bits per heavy atom. The zero-order valence-electron chi connectivity index (χ0n) is 12.8. The molecule has 0 fully saturated rings. The summed E-state index contributed by atoms with van der Waals surface area (Å²) in [6, 6.07) is 7.09. The van der Waals surface area contributed by atoms with E-state index in [9.17, 15) is 9.59 Å². The van der Waals surface area contributed by atoms with Gasteiger partial charge in [0.15, 0.2) is 0 Å². The van der Waals surface area contributed by atoms with Crippen LogP contribution in [0.5, 0.6) is 0 Å². The predicted octanol–water partition coefficient (Wildman–Crippen LogP) is 1.95. The van der Waals surface area contributed by atoms with Crippen LogP contribution in [0.3, 0.4) is 0 Å². The maximum absolute atomic E-state index is 12.1. The second kappa shape index (κ2) is 9.13. The van der Waals surface area contributed by atoms with Gasteiger partial charge in [0.25, 0.3) is 0 Å². The van der Waals surface area contributed by atoms with Crippen LogP contribution in [-0.2, 0) is 16.1 Å². The summed E-state index contributed by atoms with van der Waals surface area (Å²) in [6.45, 7) is 3.56. The van der Waals surface area contributed by atoms with Crippen LogP contribution in [0.2, 0.25) is 0 Å². The zero-order chi connectivity index (χ0) is 15.7. The monoisotopic (exact) mass is 292 g/mol. The smallest absolute Gasteiger partial charge is 0.337 e. The Kier molecular flexibility index (Phi) is 7.46. The number of nitrogens with zero attached hydrogens (tertiary/aromatic N) is 1. The average Bonchev–Trinajstić information content (AvgIpc) is 2.52. The summed E-state index contributed by atoms with van der Waals surface area (Å²) in [5.41, 5.74) is 7.05. The number of benzene rings is 1. The molecule has 1 amide bonds. The lowest BCUT2D eigenvalue weighted by atomic mass is 10.1. The van der Waals surface area contributed by atoms with Crippen molar-refractivity contribution in [3.8, 4) is 0 Å². The van der Waals surface area contributed by atoms with E-state index in [0.717, 1.165) is 18.4 Å². The lowest BCUT2D eigenvalue weighted by molar-refractivity contribution is -0.131. The minimum atomic E-state index is -0.362. The molecular formula is C16H24N2O3. The standard InChI is InChI=1S/C16H24N2O3/c1-3-4-5-15(19)18(11-10-17)12-13-6-8-14(9-7-13)16(20)21-2/h6-9H,3-5,10-12,17H2,1-2H3. The molecule has 0 aliphatic heterocycles. The van der Waals surface area contributed by atoms with Crippen LogP contribution in [0.25, 0.3) is 0 Å². The Labute approximate surface area is 126 Å². The number of carbonyl (C=O) groups is 2. The molecule has 0 heterocycles. The molecule has 0 aliphatic carbocycles. The first-order valence-corrected chi connectivity index (χ1v) is 7.27. The van der Waals surface area contributed by atoms with Gasteiger partial charge in [-0.25, -0.2) is 4.79 Å². The number of carbonyl (C=O) groups excluding carboxylic acids is 2. The number of nitrogens with two attached hydrogens (primary N) is 1. The van der Waals surface area contributed by atoms with Gasteiger partial charge in [0.05, 0.1) is 12.7 Å². The summed E-state index contributed by atoms with van der Waals surface area (Å²) in [7, 11) is 1.35. The molecule has 1 aromatic carbocycles. The molecule has 0 aliphatic rings. The molecule has 1 aromatic rings. The third-order valence-corrected chi connectivity index (χ3v) is 3.24. The number of amides is 1. The second-order valence-electron chi connectivity index (χ2n) is 4.90. The van der Waals surface area contributed by atoms with Crippen molar-refractivity contribution in [2.45, 2.75) is 32.7 Å². The topological polar surface area (TPSA) is 72.6 Å². The van der Waals surface area contributed by atoms with Crippen LogP contribution >= 0.6 is 0 Å². The van der Waals surface area contributed by atoms with E-state index in [1.165, 1.54) is 7.11 Å². The summed E-state index contributed by atoms with van der Waals surface area (Å²) in [6.07, 6.45) is 2.44. The molecule has 0 saturated carbocycles. The molecule has 0 bridgehead atoms. The van der Waals surface area contributed by atoms with E-state index >= 15 is 0 Å². The predicted molar refractivity (Wildman–Crippen MR) is 81.8 cm³/mol. The Morgan fingerprint density at radius 2 is 1.90 bits per heavy atom. The first-order chi connectivity index (χ1) is 10.1. The van der Waals surface area contributed by atoms with E-state index in [1.54, 1.807) is 17.0 Å². The van der Waals surface area contributed by atoms with Gasteiger partial charge in [-0.05, 0) is 24.1 Å². The molecule has 5 heteroatoms. The van der Waals surface area contributed by atoms with Gasteiger partial charge in [0.2, 0.25) is 5.91 Å². The van der Waals surface area contributed by atoms with Crippen molar-refractivity contribution in [2.24, 2.45) is 5.73 Å². The average molecular weight is 292 g/mol. The molecule has 0 spiro atoms. The van der Waals surface area contributed by atoms with Crippen LogP contribution in [0.4, 0.5) is 0 Å². The lowest BCUT2D eigenvalue weighted by Crippen LogP contribution is -2.34. The third kappa shape index (κ3) is 5.55. The second-order valence-corrected chi connectivity index (χ2v) is 4.90. The van der Waals surface area contributed by atoms with Crippen LogP contribution in [0, 0.1) is 0 Å². The zero-order valence-corrected chi connectivity index (χ0v) is 12.8. The summed E-state index contributed by atoms with van der Waals surface area (Å²) >= 11 is 0. The molecule has 0 unspecified atom stereocenters. The largest absolute Gasteiger partial charge is 0.465 e. The van der Waals surface area contributed by atoms with Gasteiger partial charge in [-0.1, -0.05) is 25.5 Å². The summed E-state index contributed by atoms with van der Waals surface area (Å²) in [5, 5.41) is 0. The molecule has 1 rings (SSSR count). The normalized spacial score (nSPS) is 10.2. The number of methoxy groups -OCH3 is 1. The highest BCUT2D eigenvalue weighted by atomic mass is 16.5.